The average molecular weight is 390 g/mol. The van der Waals surface area contributed by atoms with Crippen LogP contribution < -0.4 is 4.72 Å². The van der Waals surface area contributed by atoms with Crippen molar-refractivity contribution >= 4 is 33.1 Å². The maximum Gasteiger partial charge on any atom is 0.263 e. The molecule has 1 aromatic carbocycles. The van der Waals surface area contributed by atoms with Crippen molar-refractivity contribution in [3.8, 4) is 0 Å². The maximum absolute atomic E-state index is 12.6. The van der Waals surface area contributed by atoms with Gasteiger partial charge in [-0.25, -0.2) is 8.42 Å². The number of nitrogens with zero attached hydrogens (tertiary/aromatic N) is 2. The van der Waals surface area contributed by atoms with Crippen LogP contribution in [0.1, 0.15) is 35.7 Å². The van der Waals surface area contributed by atoms with Gasteiger partial charge in [-0.1, -0.05) is 18.2 Å². The van der Waals surface area contributed by atoms with E-state index in [1.54, 1.807) is 35.6 Å². The Morgan fingerprint density at radius 1 is 1.27 bits per heavy atom. The van der Waals surface area contributed by atoms with Crippen molar-refractivity contribution in [1.29, 1.82) is 0 Å². The van der Waals surface area contributed by atoms with Gasteiger partial charge >= 0.3 is 0 Å². The number of nitrogens with one attached hydrogen (secondary N) is 1. The fourth-order valence-corrected chi connectivity index (χ4v) is 5.62. The molecule has 1 atom stereocenters. The second kappa shape index (κ2) is 6.85. The van der Waals surface area contributed by atoms with Gasteiger partial charge in [-0.15, -0.1) is 11.3 Å². The molecule has 1 fully saturated rings. The predicted octanol–water partition coefficient (Wildman–Crippen LogP) is 2.54. The molecule has 0 aliphatic carbocycles. The summed E-state index contributed by atoms with van der Waals surface area (Å²) in [7, 11) is -3.53. The number of amides is 1. The van der Waals surface area contributed by atoms with Crippen LogP contribution in [0.15, 0.2) is 51.7 Å². The Morgan fingerprint density at radius 3 is 2.92 bits per heavy atom. The van der Waals surface area contributed by atoms with E-state index in [1.165, 1.54) is 4.88 Å². The summed E-state index contributed by atoms with van der Waals surface area (Å²) >= 11 is 1.68. The standard InChI is InChI=1S/C18H19N3O3S2/c22-17(21-11-3-6-14(21)15-7-4-12-25-15)9-10-19-18-13-5-1-2-8-16(13)26(23,24)20-18/h1-2,4-5,7-8,12,14H,3,6,9-11H2,(H,19,20)/t14-/m0/s1. The molecule has 4 rings (SSSR count). The zero-order valence-electron chi connectivity index (χ0n) is 14.1. The van der Waals surface area contributed by atoms with E-state index >= 15 is 0 Å². The van der Waals surface area contributed by atoms with E-state index in [2.05, 4.69) is 15.8 Å². The van der Waals surface area contributed by atoms with E-state index in [-0.39, 0.29) is 29.8 Å². The number of hydrogen-bond donors (Lipinski definition) is 1. The number of carbonyl (C=O) groups excluding carboxylic acids is 1. The first-order valence-electron chi connectivity index (χ1n) is 8.56. The maximum atomic E-state index is 12.6. The van der Waals surface area contributed by atoms with Gasteiger partial charge in [0, 0.05) is 23.4 Å². The van der Waals surface area contributed by atoms with Crippen LogP contribution in [0.3, 0.4) is 0 Å². The first-order valence-corrected chi connectivity index (χ1v) is 10.9. The normalized spacial score (nSPS) is 22.4. The minimum absolute atomic E-state index is 0.0689. The Labute approximate surface area is 156 Å². The summed E-state index contributed by atoms with van der Waals surface area (Å²) in [5.74, 6) is 0.393. The number of fused-ring (bicyclic) bond motifs is 1. The molecule has 0 bridgehead atoms. The van der Waals surface area contributed by atoms with E-state index < -0.39 is 10.0 Å². The summed E-state index contributed by atoms with van der Waals surface area (Å²) in [5, 5.41) is 2.03. The smallest absolute Gasteiger partial charge is 0.263 e. The van der Waals surface area contributed by atoms with E-state index in [9.17, 15) is 13.2 Å². The number of aliphatic imine (C=N–C) groups is 1. The van der Waals surface area contributed by atoms with Gasteiger partial charge in [-0.05, 0) is 36.4 Å². The van der Waals surface area contributed by atoms with Gasteiger partial charge in [-0.3, -0.25) is 14.5 Å². The van der Waals surface area contributed by atoms with Crippen molar-refractivity contribution in [3.63, 3.8) is 0 Å². The largest absolute Gasteiger partial charge is 0.335 e. The Balaban J connectivity index is 1.44. The van der Waals surface area contributed by atoms with E-state index in [0.717, 1.165) is 19.4 Å². The minimum Gasteiger partial charge on any atom is -0.335 e. The van der Waals surface area contributed by atoms with Gasteiger partial charge in [-0.2, -0.15) is 0 Å². The van der Waals surface area contributed by atoms with Gasteiger partial charge in [0.05, 0.1) is 17.5 Å². The fourth-order valence-electron chi connectivity index (χ4n) is 3.50. The highest BCUT2D eigenvalue weighted by atomic mass is 32.2. The van der Waals surface area contributed by atoms with Gasteiger partial charge < -0.3 is 4.90 Å². The number of carbonyl (C=O) groups is 1. The summed E-state index contributed by atoms with van der Waals surface area (Å²) in [6, 6.07) is 11.0. The number of thiophene rings is 1. The quantitative estimate of drug-likeness (QED) is 0.873. The highest BCUT2D eigenvalue weighted by molar-refractivity contribution is 7.90. The van der Waals surface area contributed by atoms with Gasteiger partial charge in [0.25, 0.3) is 10.0 Å². The molecule has 1 aromatic heterocycles. The number of hydrogen-bond acceptors (Lipinski definition) is 5. The lowest BCUT2D eigenvalue weighted by Crippen LogP contribution is -2.30. The molecule has 0 spiro atoms. The lowest BCUT2D eigenvalue weighted by atomic mass is 10.2. The number of sulfonamides is 1. The molecule has 1 saturated heterocycles. The Hall–Kier alpha value is -2.19. The molecular weight excluding hydrogens is 370 g/mol. The summed E-state index contributed by atoms with van der Waals surface area (Å²) in [6.45, 7) is 1.03. The molecule has 1 amide bonds. The highest BCUT2D eigenvalue weighted by Gasteiger charge is 2.31. The van der Waals surface area contributed by atoms with Crippen molar-refractivity contribution in [1.82, 2.24) is 9.62 Å². The summed E-state index contributed by atoms with van der Waals surface area (Å²) in [5.41, 5.74) is 0.567. The van der Waals surface area contributed by atoms with Crippen LogP contribution in [0.25, 0.3) is 0 Å². The third-order valence-electron chi connectivity index (χ3n) is 4.70. The Morgan fingerprint density at radius 2 is 2.12 bits per heavy atom. The summed E-state index contributed by atoms with van der Waals surface area (Å²) in [4.78, 5) is 20.4. The van der Waals surface area contributed by atoms with Gasteiger partial charge in [0.1, 0.15) is 5.84 Å². The Kier molecular flexibility index (Phi) is 4.54. The average Bonchev–Trinajstić information content (AvgIpc) is 3.34. The highest BCUT2D eigenvalue weighted by Crippen LogP contribution is 2.34. The molecule has 2 aliphatic rings. The first-order chi connectivity index (χ1) is 12.6. The Bertz CT molecular complexity index is 952. The topological polar surface area (TPSA) is 78.8 Å². The first kappa shape index (κ1) is 17.2. The second-order valence-electron chi connectivity index (χ2n) is 6.34. The molecule has 6 nitrogen and oxygen atoms in total. The lowest BCUT2D eigenvalue weighted by Gasteiger charge is -2.23. The van der Waals surface area contributed by atoms with Crippen LogP contribution in [0.2, 0.25) is 0 Å². The molecule has 8 heteroatoms. The van der Waals surface area contributed by atoms with Gasteiger partial charge in [0.15, 0.2) is 0 Å². The van der Waals surface area contributed by atoms with Crippen molar-refractivity contribution in [2.75, 3.05) is 13.1 Å². The zero-order chi connectivity index (χ0) is 18.1. The van der Waals surface area contributed by atoms with Crippen LogP contribution >= 0.6 is 11.3 Å². The number of likely N-dealkylation sites (tertiary alicyclic amines) is 1. The SMILES string of the molecule is O=C(CCN=C1NS(=O)(=O)c2ccccc21)N1CCC[C@H]1c1cccs1. The van der Waals surface area contributed by atoms with Crippen LogP contribution in [0.4, 0.5) is 0 Å². The summed E-state index contributed by atoms with van der Waals surface area (Å²) < 4.78 is 26.6. The lowest BCUT2D eigenvalue weighted by molar-refractivity contribution is -0.131. The molecule has 136 valence electrons. The zero-order valence-corrected chi connectivity index (χ0v) is 15.7. The van der Waals surface area contributed by atoms with Gasteiger partial charge in [0.2, 0.25) is 5.91 Å². The van der Waals surface area contributed by atoms with Crippen LogP contribution in [0.5, 0.6) is 0 Å². The van der Waals surface area contributed by atoms with Crippen molar-refractivity contribution in [2.45, 2.75) is 30.2 Å². The van der Waals surface area contributed by atoms with Crippen molar-refractivity contribution in [2.24, 2.45) is 4.99 Å². The van der Waals surface area contributed by atoms with Crippen LogP contribution in [-0.4, -0.2) is 38.2 Å². The predicted molar refractivity (Wildman–Crippen MR) is 101 cm³/mol. The minimum atomic E-state index is -3.53. The molecule has 0 unspecified atom stereocenters. The molecule has 0 radical (unpaired) electrons. The van der Waals surface area contributed by atoms with Crippen LogP contribution in [-0.2, 0) is 14.8 Å². The molecule has 26 heavy (non-hydrogen) atoms. The fraction of sp³-hybridized carbons (Fsp3) is 0.333. The third-order valence-corrected chi connectivity index (χ3v) is 7.07. The third kappa shape index (κ3) is 3.14. The van der Waals surface area contributed by atoms with Crippen molar-refractivity contribution < 1.29 is 13.2 Å². The molecule has 3 heterocycles. The molecular formula is C18H19N3O3S2. The van der Waals surface area contributed by atoms with E-state index in [4.69, 9.17) is 0 Å². The molecule has 2 aliphatic heterocycles. The number of benzene rings is 1. The molecule has 0 saturated carbocycles. The number of rotatable bonds is 4. The van der Waals surface area contributed by atoms with Crippen LogP contribution in [0, 0.1) is 0 Å². The monoisotopic (exact) mass is 389 g/mol. The van der Waals surface area contributed by atoms with E-state index in [0.29, 0.717) is 11.4 Å². The second-order valence-corrected chi connectivity index (χ2v) is 8.97. The molecule has 2 aromatic rings. The van der Waals surface area contributed by atoms with Crippen molar-refractivity contribution in [3.05, 3.63) is 52.2 Å². The number of amidine groups is 1. The van der Waals surface area contributed by atoms with E-state index in [1.807, 2.05) is 16.3 Å². The summed E-state index contributed by atoms with van der Waals surface area (Å²) in [6.07, 6.45) is 2.28. The molecule has 1 N–H and O–H groups in total.